The molecule has 0 radical (unpaired) electrons. The molecule has 0 saturated carbocycles. The van der Waals surface area contributed by atoms with Crippen molar-refractivity contribution < 1.29 is 19.1 Å². The average Bonchev–Trinajstić information content (AvgIpc) is 2.63. The molecule has 0 aliphatic carbocycles. The van der Waals surface area contributed by atoms with E-state index in [0.29, 0.717) is 27.7 Å². The highest BCUT2D eigenvalue weighted by Crippen LogP contribution is 2.32. The summed E-state index contributed by atoms with van der Waals surface area (Å²) in [7, 11) is 0. The highest BCUT2D eigenvalue weighted by atomic mass is 35.5. The van der Waals surface area contributed by atoms with Gasteiger partial charge in [0, 0.05) is 29.2 Å². The van der Waals surface area contributed by atoms with Gasteiger partial charge in [0.05, 0.1) is 5.69 Å². The molecule has 0 fully saturated rings. The Kier molecular flexibility index (Phi) is 5.61. The Labute approximate surface area is 161 Å². The molecule has 8 heteroatoms. The van der Waals surface area contributed by atoms with Gasteiger partial charge in [0.25, 0.3) is 11.8 Å². The minimum absolute atomic E-state index is 0.107. The van der Waals surface area contributed by atoms with Crippen molar-refractivity contribution in [2.75, 3.05) is 17.2 Å². The van der Waals surface area contributed by atoms with E-state index in [-0.39, 0.29) is 30.7 Å². The lowest BCUT2D eigenvalue weighted by Crippen LogP contribution is -2.34. The molecule has 1 atom stereocenters. The fourth-order valence-corrected chi connectivity index (χ4v) is 2.63. The second-order valence-electron chi connectivity index (χ2n) is 6.02. The van der Waals surface area contributed by atoms with Gasteiger partial charge in [-0.15, -0.1) is 0 Å². The van der Waals surface area contributed by atoms with Crippen molar-refractivity contribution in [3.63, 3.8) is 0 Å². The van der Waals surface area contributed by atoms with Crippen molar-refractivity contribution >= 4 is 40.7 Å². The summed E-state index contributed by atoms with van der Waals surface area (Å²) in [5, 5.41) is 8.67. The first-order chi connectivity index (χ1) is 12.9. The van der Waals surface area contributed by atoms with Crippen LogP contribution in [-0.4, -0.2) is 30.4 Å². The van der Waals surface area contributed by atoms with Gasteiger partial charge in [-0.3, -0.25) is 14.4 Å². The van der Waals surface area contributed by atoms with Gasteiger partial charge >= 0.3 is 0 Å². The van der Waals surface area contributed by atoms with Crippen molar-refractivity contribution in [3.05, 3.63) is 53.1 Å². The largest absolute Gasteiger partial charge is 0.479 e. The quantitative estimate of drug-likeness (QED) is 0.735. The van der Waals surface area contributed by atoms with E-state index < -0.39 is 6.10 Å². The summed E-state index contributed by atoms with van der Waals surface area (Å²) >= 11 is 5.78. The summed E-state index contributed by atoms with van der Waals surface area (Å²) in [4.78, 5) is 35.7. The van der Waals surface area contributed by atoms with E-state index in [1.807, 2.05) is 0 Å². The maximum Gasteiger partial charge on any atom is 0.265 e. The maximum atomic E-state index is 12.1. The Balaban J connectivity index is 1.49. The molecule has 2 aromatic rings. The van der Waals surface area contributed by atoms with Gasteiger partial charge in [0.15, 0.2) is 6.10 Å². The molecule has 1 heterocycles. The number of benzene rings is 2. The van der Waals surface area contributed by atoms with Crippen molar-refractivity contribution in [2.45, 2.75) is 19.4 Å². The first kappa shape index (κ1) is 18.7. The summed E-state index contributed by atoms with van der Waals surface area (Å²) in [6, 6.07) is 11.5. The molecule has 0 saturated heterocycles. The summed E-state index contributed by atoms with van der Waals surface area (Å²) in [6.07, 6.45) is -0.446. The van der Waals surface area contributed by atoms with E-state index in [4.69, 9.17) is 16.3 Å². The van der Waals surface area contributed by atoms with Gasteiger partial charge in [-0.05, 0) is 49.4 Å². The molecular formula is C19H18ClN3O4. The Morgan fingerprint density at radius 1 is 1.19 bits per heavy atom. The fourth-order valence-electron chi connectivity index (χ4n) is 2.50. The number of rotatable bonds is 5. The van der Waals surface area contributed by atoms with Crippen LogP contribution in [-0.2, 0) is 9.59 Å². The molecule has 1 aliphatic heterocycles. The molecule has 7 nitrogen and oxygen atoms in total. The number of anilines is 2. The lowest BCUT2D eigenvalue weighted by atomic mass is 10.2. The van der Waals surface area contributed by atoms with Crippen LogP contribution >= 0.6 is 11.6 Å². The normalized spacial score (nSPS) is 15.2. The molecule has 0 aromatic heterocycles. The predicted molar refractivity (Wildman–Crippen MR) is 102 cm³/mol. The van der Waals surface area contributed by atoms with Gasteiger partial charge in [-0.2, -0.15) is 0 Å². The smallest absolute Gasteiger partial charge is 0.265 e. The summed E-state index contributed by atoms with van der Waals surface area (Å²) in [5.41, 5.74) is 1.51. The van der Waals surface area contributed by atoms with Crippen LogP contribution < -0.4 is 20.7 Å². The molecule has 2 aromatic carbocycles. The van der Waals surface area contributed by atoms with E-state index in [1.54, 1.807) is 49.4 Å². The molecule has 0 bridgehead atoms. The van der Waals surface area contributed by atoms with Crippen LogP contribution in [0.25, 0.3) is 0 Å². The van der Waals surface area contributed by atoms with Crippen molar-refractivity contribution in [3.8, 4) is 5.75 Å². The Hall–Kier alpha value is -3.06. The second-order valence-corrected chi connectivity index (χ2v) is 6.46. The average molecular weight is 388 g/mol. The number of nitrogens with one attached hydrogen (secondary N) is 3. The zero-order chi connectivity index (χ0) is 19.4. The third-order valence-electron chi connectivity index (χ3n) is 3.94. The molecule has 27 heavy (non-hydrogen) atoms. The van der Waals surface area contributed by atoms with Crippen molar-refractivity contribution in [2.24, 2.45) is 0 Å². The van der Waals surface area contributed by atoms with Crippen molar-refractivity contribution in [1.29, 1.82) is 0 Å². The minimum Gasteiger partial charge on any atom is -0.479 e. The van der Waals surface area contributed by atoms with Crippen LogP contribution in [0.5, 0.6) is 5.75 Å². The summed E-state index contributed by atoms with van der Waals surface area (Å²) in [6.45, 7) is 1.85. The Morgan fingerprint density at radius 3 is 2.67 bits per heavy atom. The zero-order valence-corrected chi connectivity index (χ0v) is 15.3. The monoisotopic (exact) mass is 387 g/mol. The SMILES string of the molecule is C[C@@H]1Oc2ccc(NC(=O)CCNC(=O)c3ccc(Cl)cc3)cc2NC1=O. The summed E-state index contributed by atoms with van der Waals surface area (Å²) in [5.74, 6) is -0.226. The molecule has 3 N–H and O–H groups in total. The van der Waals surface area contributed by atoms with Gasteiger partial charge in [-0.1, -0.05) is 11.6 Å². The number of halogens is 1. The van der Waals surface area contributed by atoms with Crippen LogP contribution in [0.15, 0.2) is 42.5 Å². The van der Waals surface area contributed by atoms with Crippen LogP contribution in [0.4, 0.5) is 11.4 Å². The topological polar surface area (TPSA) is 96.5 Å². The summed E-state index contributed by atoms with van der Waals surface area (Å²) < 4.78 is 5.46. The first-order valence-electron chi connectivity index (χ1n) is 8.37. The predicted octanol–water partition coefficient (Wildman–Crippen LogP) is 2.82. The van der Waals surface area contributed by atoms with Gasteiger partial charge in [-0.25, -0.2) is 0 Å². The number of ether oxygens (including phenoxy) is 1. The zero-order valence-electron chi connectivity index (χ0n) is 14.5. The van der Waals surface area contributed by atoms with Gasteiger partial charge in [0.1, 0.15) is 5.75 Å². The van der Waals surface area contributed by atoms with Crippen molar-refractivity contribution in [1.82, 2.24) is 5.32 Å². The standard InChI is InChI=1S/C19H18ClN3O4/c1-11-18(25)23-15-10-14(6-7-16(15)27-11)22-17(24)8-9-21-19(26)12-2-4-13(20)5-3-12/h2-7,10-11H,8-9H2,1H3,(H,21,26)(H,22,24)(H,23,25)/t11-/m0/s1. The molecule has 140 valence electrons. The van der Waals surface area contributed by atoms with E-state index in [9.17, 15) is 14.4 Å². The van der Waals surface area contributed by atoms with Gasteiger partial charge in [0.2, 0.25) is 5.91 Å². The van der Waals surface area contributed by atoms with Crippen LogP contribution in [0.2, 0.25) is 5.02 Å². The van der Waals surface area contributed by atoms with E-state index >= 15 is 0 Å². The Morgan fingerprint density at radius 2 is 1.93 bits per heavy atom. The van der Waals surface area contributed by atoms with Crippen LogP contribution in [0.1, 0.15) is 23.7 Å². The molecular weight excluding hydrogens is 370 g/mol. The lowest BCUT2D eigenvalue weighted by Gasteiger charge is -2.23. The highest BCUT2D eigenvalue weighted by molar-refractivity contribution is 6.30. The minimum atomic E-state index is -0.554. The lowest BCUT2D eigenvalue weighted by molar-refractivity contribution is -0.122. The second kappa shape index (κ2) is 8.09. The first-order valence-corrected chi connectivity index (χ1v) is 8.75. The van der Waals surface area contributed by atoms with Crippen LogP contribution in [0, 0.1) is 0 Å². The number of amides is 3. The third kappa shape index (κ3) is 4.77. The third-order valence-corrected chi connectivity index (χ3v) is 4.19. The number of carbonyl (C=O) groups excluding carboxylic acids is 3. The molecule has 3 rings (SSSR count). The van der Waals surface area contributed by atoms with E-state index in [0.717, 1.165) is 0 Å². The number of hydrogen-bond donors (Lipinski definition) is 3. The number of carbonyl (C=O) groups is 3. The molecule has 0 spiro atoms. The molecule has 1 aliphatic rings. The maximum absolute atomic E-state index is 12.1. The molecule has 0 unspecified atom stereocenters. The fraction of sp³-hybridized carbons (Fsp3) is 0.211. The van der Waals surface area contributed by atoms with E-state index in [2.05, 4.69) is 16.0 Å². The van der Waals surface area contributed by atoms with Gasteiger partial charge < -0.3 is 20.7 Å². The molecule has 3 amide bonds. The van der Waals surface area contributed by atoms with E-state index in [1.165, 1.54) is 0 Å². The number of fused-ring (bicyclic) bond motifs is 1. The Bertz CT molecular complexity index is 883. The highest BCUT2D eigenvalue weighted by Gasteiger charge is 2.23. The van der Waals surface area contributed by atoms with Crippen LogP contribution in [0.3, 0.4) is 0 Å². The number of hydrogen-bond acceptors (Lipinski definition) is 4.